The predicted octanol–water partition coefficient (Wildman–Crippen LogP) is 6.67. The highest BCUT2D eigenvalue weighted by Crippen LogP contribution is 2.31. The van der Waals surface area contributed by atoms with E-state index in [1.54, 1.807) is 0 Å². The molecule has 1 aliphatic carbocycles. The Labute approximate surface area is 135 Å². The number of hydrogen-bond acceptors (Lipinski definition) is 0. The van der Waals surface area contributed by atoms with Gasteiger partial charge in [0.05, 0.1) is 0 Å². The smallest absolute Gasteiger partial charge is 0.00882 e. The van der Waals surface area contributed by atoms with E-state index >= 15 is 0 Å². The van der Waals surface area contributed by atoms with Crippen LogP contribution in [-0.2, 0) is 0 Å². The summed E-state index contributed by atoms with van der Waals surface area (Å²) < 4.78 is 0. The molecular weight excluding hydrogens is 264 g/mol. The topological polar surface area (TPSA) is 0 Å². The summed E-state index contributed by atoms with van der Waals surface area (Å²) in [6.07, 6.45) is 17.7. The van der Waals surface area contributed by atoms with E-state index in [2.05, 4.69) is 80.3 Å². The van der Waals surface area contributed by atoms with Crippen LogP contribution in [0.2, 0.25) is 0 Å². The minimum Gasteiger partial charge on any atom is -0.0990 e. The summed E-state index contributed by atoms with van der Waals surface area (Å²) in [7, 11) is 0. The number of rotatable bonds is 4. The summed E-state index contributed by atoms with van der Waals surface area (Å²) in [6.45, 7) is 9.95. The molecule has 0 radical (unpaired) electrons. The van der Waals surface area contributed by atoms with E-state index in [1.807, 2.05) is 26.0 Å². The molecule has 0 amide bonds. The van der Waals surface area contributed by atoms with Crippen LogP contribution in [0, 0.1) is 0 Å². The molecule has 1 aromatic carbocycles. The standard InChI is InChI=1S/C20H20.C2H6/c1-3-12-20(18-15-8-5-6-9-16-18)19(4-2)17-13-10-7-11-14-17;1-2/h3-15H,1,16H2,2H3;1-2H3/b19-4-,20-12-;. The molecule has 1 aromatic rings. The van der Waals surface area contributed by atoms with Crippen molar-refractivity contribution in [1.82, 2.24) is 0 Å². The molecule has 0 heteroatoms. The molecule has 0 fully saturated rings. The molecule has 0 saturated heterocycles. The van der Waals surface area contributed by atoms with Crippen LogP contribution in [0.1, 0.15) is 32.8 Å². The van der Waals surface area contributed by atoms with Gasteiger partial charge >= 0.3 is 0 Å². The highest BCUT2D eigenvalue weighted by Gasteiger charge is 2.10. The third kappa shape index (κ3) is 4.89. The van der Waals surface area contributed by atoms with E-state index in [0.29, 0.717) is 0 Å². The average molecular weight is 290 g/mol. The van der Waals surface area contributed by atoms with Gasteiger partial charge in [-0.2, -0.15) is 0 Å². The van der Waals surface area contributed by atoms with Gasteiger partial charge in [0.15, 0.2) is 0 Å². The Kier molecular flexibility index (Phi) is 8.37. The van der Waals surface area contributed by atoms with Crippen molar-refractivity contribution in [3.8, 4) is 0 Å². The first-order valence-electron chi connectivity index (χ1n) is 7.94. The molecule has 0 aromatic heterocycles. The Morgan fingerprint density at radius 2 is 1.73 bits per heavy atom. The van der Waals surface area contributed by atoms with Gasteiger partial charge in [0.1, 0.15) is 0 Å². The molecule has 0 saturated carbocycles. The zero-order valence-electron chi connectivity index (χ0n) is 13.9. The van der Waals surface area contributed by atoms with Crippen LogP contribution >= 0.6 is 0 Å². The molecular formula is C22H26. The largest absolute Gasteiger partial charge is 0.0990 e. The van der Waals surface area contributed by atoms with Gasteiger partial charge in [0.2, 0.25) is 0 Å². The van der Waals surface area contributed by atoms with Crippen LogP contribution in [0.4, 0.5) is 0 Å². The third-order valence-corrected chi connectivity index (χ3v) is 3.29. The Balaban J connectivity index is 0.00000116. The molecule has 0 heterocycles. The van der Waals surface area contributed by atoms with Gasteiger partial charge in [-0.15, -0.1) is 0 Å². The first-order chi connectivity index (χ1) is 10.9. The molecule has 0 aliphatic heterocycles. The lowest BCUT2D eigenvalue weighted by atomic mass is 9.90. The molecule has 2 rings (SSSR count). The SMILES string of the molecule is C=C/C=C(C1=CC=CC=CC1)\C(=C/C)c1ccccc1.CC. The summed E-state index contributed by atoms with van der Waals surface area (Å²) >= 11 is 0. The second-order valence-electron chi connectivity index (χ2n) is 4.59. The molecule has 1 aliphatic rings. The van der Waals surface area contributed by atoms with E-state index in [-0.39, 0.29) is 0 Å². The zero-order chi connectivity index (χ0) is 16.2. The van der Waals surface area contributed by atoms with E-state index in [9.17, 15) is 0 Å². The van der Waals surface area contributed by atoms with Crippen molar-refractivity contribution in [1.29, 1.82) is 0 Å². The summed E-state index contributed by atoms with van der Waals surface area (Å²) in [5.74, 6) is 0. The molecule has 114 valence electrons. The van der Waals surface area contributed by atoms with Crippen LogP contribution in [0.15, 0.2) is 96.7 Å². The Morgan fingerprint density at radius 1 is 1.00 bits per heavy atom. The Morgan fingerprint density at radius 3 is 2.36 bits per heavy atom. The van der Waals surface area contributed by atoms with Crippen molar-refractivity contribution in [3.63, 3.8) is 0 Å². The van der Waals surface area contributed by atoms with Crippen molar-refractivity contribution < 1.29 is 0 Å². The highest BCUT2D eigenvalue weighted by atomic mass is 14.1. The van der Waals surface area contributed by atoms with E-state index in [4.69, 9.17) is 0 Å². The van der Waals surface area contributed by atoms with Gasteiger partial charge in [0.25, 0.3) is 0 Å². The van der Waals surface area contributed by atoms with Crippen molar-refractivity contribution in [2.24, 2.45) is 0 Å². The minimum atomic E-state index is 0.941. The fraction of sp³-hybridized carbons (Fsp3) is 0.182. The maximum atomic E-state index is 3.86. The van der Waals surface area contributed by atoms with Crippen LogP contribution in [0.3, 0.4) is 0 Å². The Hall–Kier alpha value is -2.34. The van der Waals surface area contributed by atoms with Crippen molar-refractivity contribution >= 4 is 5.57 Å². The van der Waals surface area contributed by atoms with E-state index in [1.165, 1.54) is 22.3 Å². The summed E-state index contributed by atoms with van der Waals surface area (Å²) in [4.78, 5) is 0. The molecule has 22 heavy (non-hydrogen) atoms. The number of allylic oxidation sites excluding steroid dienone is 11. The fourth-order valence-corrected chi connectivity index (χ4v) is 2.36. The zero-order valence-corrected chi connectivity index (χ0v) is 13.9. The quantitative estimate of drug-likeness (QED) is 0.543. The van der Waals surface area contributed by atoms with Gasteiger partial charge in [-0.3, -0.25) is 0 Å². The Bertz CT molecular complexity index is 605. The van der Waals surface area contributed by atoms with Crippen LogP contribution in [0.25, 0.3) is 5.57 Å². The third-order valence-electron chi connectivity index (χ3n) is 3.29. The van der Waals surface area contributed by atoms with E-state index < -0.39 is 0 Å². The lowest BCUT2D eigenvalue weighted by Gasteiger charge is -2.14. The van der Waals surface area contributed by atoms with Crippen LogP contribution in [0.5, 0.6) is 0 Å². The number of benzene rings is 1. The van der Waals surface area contributed by atoms with Crippen LogP contribution < -0.4 is 0 Å². The molecule has 0 N–H and O–H groups in total. The summed E-state index contributed by atoms with van der Waals surface area (Å²) in [5.41, 5.74) is 5.04. The monoisotopic (exact) mass is 290 g/mol. The first-order valence-corrected chi connectivity index (χ1v) is 7.94. The maximum Gasteiger partial charge on any atom is -0.00882 e. The summed E-state index contributed by atoms with van der Waals surface area (Å²) in [6, 6.07) is 10.5. The van der Waals surface area contributed by atoms with Gasteiger partial charge < -0.3 is 0 Å². The van der Waals surface area contributed by atoms with Crippen molar-refractivity contribution in [2.75, 3.05) is 0 Å². The second-order valence-corrected chi connectivity index (χ2v) is 4.59. The lowest BCUT2D eigenvalue weighted by Crippen LogP contribution is -1.94. The van der Waals surface area contributed by atoms with Gasteiger partial charge in [0, 0.05) is 0 Å². The minimum absolute atomic E-state index is 0.941. The van der Waals surface area contributed by atoms with Crippen LogP contribution in [-0.4, -0.2) is 0 Å². The summed E-state index contributed by atoms with van der Waals surface area (Å²) in [5, 5.41) is 0. The second kappa shape index (κ2) is 10.4. The molecule has 0 bridgehead atoms. The van der Waals surface area contributed by atoms with Gasteiger partial charge in [-0.05, 0) is 35.6 Å². The molecule has 0 unspecified atom stereocenters. The number of hydrogen-bond donors (Lipinski definition) is 0. The normalized spacial score (nSPS) is 14.6. The molecule has 0 atom stereocenters. The van der Waals surface area contributed by atoms with Gasteiger partial charge in [-0.1, -0.05) is 99.4 Å². The fourth-order valence-electron chi connectivity index (χ4n) is 2.36. The molecule has 0 nitrogen and oxygen atoms in total. The van der Waals surface area contributed by atoms with E-state index in [0.717, 1.165) is 6.42 Å². The van der Waals surface area contributed by atoms with Gasteiger partial charge in [-0.25, -0.2) is 0 Å². The average Bonchev–Trinajstić information content (AvgIpc) is 2.87. The molecule has 0 spiro atoms. The van der Waals surface area contributed by atoms with Crippen molar-refractivity contribution in [2.45, 2.75) is 27.2 Å². The highest BCUT2D eigenvalue weighted by molar-refractivity contribution is 5.84. The first kappa shape index (κ1) is 17.7. The predicted molar refractivity (Wildman–Crippen MR) is 101 cm³/mol. The lowest BCUT2D eigenvalue weighted by molar-refractivity contribution is 1.25. The maximum absolute atomic E-state index is 3.86. The van der Waals surface area contributed by atoms with Crippen molar-refractivity contribution in [3.05, 3.63) is 102 Å².